The summed E-state index contributed by atoms with van der Waals surface area (Å²) in [6.07, 6.45) is 7.65. The van der Waals surface area contributed by atoms with E-state index >= 15 is 0 Å². The lowest BCUT2D eigenvalue weighted by atomic mass is 9.93. The summed E-state index contributed by atoms with van der Waals surface area (Å²) in [6, 6.07) is 6.26. The molecule has 0 unspecified atom stereocenters. The largest absolute Gasteiger partial charge is 0.480 e. The van der Waals surface area contributed by atoms with Gasteiger partial charge in [-0.15, -0.1) is 0 Å². The normalized spacial score (nSPS) is 15.7. The van der Waals surface area contributed by atoms with Gasteiger partial charge in [-0.05, 0) is 30.7 Å². The summed E-state index contributed by atoms with van der Waals surface area (Å²) in [5.74, 6) is -2.91. The van der Waals surface area contributed by atoms with Crippen LogP contribution in [-0.2, 0) is 30.3 Å². The van der Waals surface area contributed by atoms with Gasteiger partial charge in [0.05, 0.1) is 6.42 Å². The van der Waals surface area contributed by atoms with E-state index in [9.17, 15) is 24.3 Å². The molecule has 0 aliphatic rings. The number of esters is 1. The molecule has 0 bridgehead atoms. The SMILES string of the molecule is CCCCCCCC[C@H](C)[C@H](CC(=O)N[C@@H](Cc1ccccc1)C(=O)N[C@@H](C)C(=O)O)OC(=O)[C@H](N)[C@@H](C)CC. The first-order valence-electron chi connectivity index (χ1n) is 14.8. The molecule has 0 aliphatic carbocycles. The monoisotopic (exact) mass is 561 g/mol. The lowest BCUT2D eigenvalue weighted by Gasteiger charge is -2.27. The standard InChI is InChI=1S/C31H51N3O6/c1-6-8-9-10-11-13-16-22(4)26(40-31(39)28(32)21(3)7-2)20-27(35)34-25(19-24-17-14-12-15-18-24)29(36)33-23(5)30(37)38/h12,14-15,17-18,21-23,25-26,28H,6-11,13,16,19-20,32H2,1-5H3,(H,33,36)(H,34,35)(H,37,38)/t21-,22-,23-,25-,26-,28+/m0/s1. The van der Waals surface area contributed by atoms with Crippen LogP contribution in [-0.4, -0.2) is 53.1 Å². The van der Waals surface area contributed by atoms with Crippen molar-refractivity contribution < 1.29 is 29.0 Å². The lowest BCUT2D eigenvalue weighted by Crippen LogP contribution is -2.52. The molecule has 0 fully saturated rings. The maximum Gasteiger partial charge on any atom is 0.325 e. The molecule has 0 heterocycles. The van der Waals surface area contributed by atoms with Gasteiger partial charge in [-0.2, -0.15) is 0 Å². The third-order valence-corrected chi connectivity index (χ3v) is 7.49. The zero-order valence-corrected chi connectivity index (χ0v) is 25.0. The summed E-state index contributed by atoms with van der Waals surface area (Å²) in [7, 11) is 0. The van der Waals surface area contributed by atoms with Gasteiger partial charge in [0.1, 0.15) is 24.2 Å². The number of hydrogen-bond acceptors (Lipinski definition) is 6. The minimum absolute atomic E-state index is 0.0639. The smallest absolute Gasteiger partial charge is 0.325 e. The molecule has 1 aromatic rings. The minimum Gasteiger partial charge on any atom is -0.480 e. The topological polar surface area (TPSA) is 148 Å². The van der Waals surface area contributed by atoms with Gasteiger partial charge < -0.3 is 26.2 Å². The van der Waals surface area contributed by atoms with Crippen molar-refractivity contribution in [3.05, 3.63) is 35.9 Å². The summed E-state index contributed by atoms with van der Waals surface area (Å²) in [5.41, 5.74) is 6.93. The van der Waals surface area contributed by atoms with Crippen molar-refractivity contribution in [3.8, 4) is 0 Å². The number of carboxylic acids is 1. The van der Waals surface area contributed by atoms with Crippen LogP contribution in [0.4, 0.5) is 0 Å². The Hall–Kier alpha value is -2.94. The van der Waals surface area contributed by atoms with E-state index in [0.717, 1.165) is 37.7 Å². The van der Waals surface area contributed by atoms with E-state index in [1.165, 1.54) is 26.2 Å². The van der Waals surface area contributed by atoms with Crippen molar-refractivity contribution in [3.63, 3.8) is 0 Å². The second kappa shape index (κ2) is 19.2. The predicted molar refractivity (Wildman–Crippen MR) is 156 cm³/mol. The van der Waals surface area contributed by atoms with Gasteiger partial charge in [-0.3, -0.25) is 19.2 Å². The molecule has 40 heavy (non-hydrogen) atoms. The molecular formula is C31H51N3O6. The van der Waals surface area contributed by atoms with Gasteiger partial charge in [-0.25, -0.2) is 0 Å². The first kappa shape index (κ1) is 35.1. The third-order valence-electron chi connectivity index (χ3n) is 7.49. The molecule has 1 rings (SSSR count). The molecule has 0 aromatic heterocycles. The van der Waals surface area contributed by atoms with E-state index in [1.807, 2.05) is 51.1 Å². The fourth-order valence-corrected chi connectivity index (χ4v) is 4.38. The molecule has 0 saturated heterocycles. The quantitative estimate of drug-likeness (QED) is 0.136. The molecule has 5 N–H and O–H groups in total. The van der Waals surface area contributed by atoms with Gasteiger partial charge in [0.25, 0.3) is 0 Å². The number of carbonyl (C=O) groups excluding carboxylic acids is 3. The number of amides is 2. The van der Waals surface area contributed by atoms with Crippen LogP contribution in [0.3, 0.4) is 0 Å². The number of carboxylic acid groups (broad SMARTS) is 1. The average Bonchev–Trinajstić information content (AvgIpc) is 2.93. The molecule has 0 saturated carbocycles. The van der Waals surface area contributed by atoms with Crippen LogP contribution in [0, 0.1) is 11.8 Å². The highest BCUT2D eigenvalue weighted by Crippen LogP contribution is 2.21. The number of aliphatic carboxylic acids is 1. The molecule has 6 atom stereocenters. The van der Waals surface area contributed by atoms with Crippen LogP contribution in [0.15, 0.2) is 30.3 Å². The highest BCUT2D eigenvalue weighted by molar-refractivity contribution is 5.90. The zero-order chi connectivity index (χ0) is 30.1. The van der Waals surface area contributed by atoms with Gasteiger partial charge >= 0.3 is 11.9 Å². The highest BCUT2D eigenvalue weighted by atomic mass is 16.5. The number of hydrogen-bond donors (Lipinski definition) is 4. The summed E-state index contributed by atoms with van der Waals surface area (Å²) < 4.78 is 5.82. The van der Waals surface area contributed by atoms with Gasteiger partial charge in [0.2, 0.25) is 11.8 Å². The van der Waals surface area contributed by atoms with Crippen LogP contribution in [0.5, 0.6) is 0 Å². The molecule has 1 aromatic carbocycles. The summed E-state index contributed by atoms with van der Waals surface area (Å²) in [6.45, 7) is 9.35. The van der Waals surface area contributed by atoms with E-state index in [4.69, 9.17) is 10.5 Å². The second-order valence-electron chi connectivity index (χ2n) is 11.0. The number of nitrogens with one attached hydrogen (secondary N) is 2. The molecule has 226 valence electrons. The Balaban J connectivity index is 2.99. The van der Waals surface area contributed by atoms with Gasteiger partial charge in [0.15, 0.2) is 0 Å². The Kier molecular flexibility index (Phi) is 16.8. The number of unbranched alkanes of at least 4 members (excludes halogenated alkanes) is 5. The molecular weight excluding hydrogens is 510 g/mol. The first-order chi connectivity index (χ1) is 19.0. The van der Waals surface area contributed by atoms with Crippen molar-refractivity contribution in [1.29, 1.82) is 0 Å². The first-order valence-corrected chi connectivity index (χ1v) is 14.8. The Morgan fingerprint density at radius 2 is 1.52 bits per heavy atom. The number of carbonyl (C=O) groups is 4. The molecule has 0 spiro atoms. The summed E-state index contributed by atoms with van der Waals surface area (Å²) >= 11 is 0. The maximum atomic E-state index is 13.2. The molecule has 9 nitrogen and oxygen atoms in total. The van der Waals surface area contributed by atoms with E-state index in [0.29, 0.717) is 0 Å². The van der Waals surface area contributed by atoms with E-state index in [-0.39, 0.29) is 24.7 Å². The van der Waals surface area contributed by atoms with Crippen molar-refractivity contribution in [1.82, 2.24) is 10.6 Å². The molecule has 0 aliphatic heterocycles. The number of nitrogens with two attached hydrogens (primary N) is 1. The summed E-state index contributed by atoms with van der Waals surface area (Å²) in [5, 5.41) is 14.4. The van der Waals surface area contributed by atoms with Gasteiger partial charge in [0, 0.05) is 6.42 Å². The lowest BCUT2D eigenvalue weighted by molar-refractivity contribution is -0.156. The Morgan fingerprint density at radius 3 is 2.12 bits per heavy atom. The Morgan fingerprint density at radius 1 is 0.900 bits per heavy atom. The van der Waals surface area contributed by atoms with Crippen molar-refractivity contribution >= 4 is 23.8 Å². The van der Waals surface area contributed by atoms with E-state index < -0.39 is 48.0 Å². The minimum atomic E-state index is -1.17. The Labute approximate surface area is 240 Å². The average molecular weight is 562 g/mol. The summed E-state index contributed by atoms with van der Waals surface area (Å²) in [4.78, 5) is 50.3. The maximum absolute atomic E-state index is 13.2. The fraction of sp³-hybridized carbons (Fsp3) is 0.677. The number of rotatable bonds is 20. The van der Waals surface area contributed by atoms with Crippen molar-refractivity contribution in [2.75, 3.05) is 0 Å². The van der Waals surface area contributed by atoms with E-state index in [1.54, 1.807) is 0 Å². The van der Waals surface area contributed by atoms with Crippen LogP contribution in [0.1, 0.15) is 98.0 Å². The van der Waals surface area contributed by atoms with E-state index in [2.05, 4.69) is 17.6 Å². The van der Waals surface area contributed by atoms with Crippen molar-refractivity contribution in [2.24, 2.45) is 17.6 Å². The molecule has 2 amide bonds. The highest BCUT2D eigenvalue weighted by Gasteiger charge is 2.31. The van der Waals surface area contributed by atoms with Crippen molar-refractivity contribution in [2.45, 2.75) is 123 Å². The Bertz CT molecular complexity index is 910. The predicted octanol–water partition coefficient (Wildman–Crippen LogP) is 4.37. The van der Waals surface area contributed by atoms with Crippen LogP contribution >= 0.6 is 0 Å². The van der Waals surface area contributed by atoms with Crippen LogP contribution in [0.25, 0.3) is 0 Å². The second-order valence-corrected chi connectivity index (χ2v) is 11.0. The fourth-order valence-electron chi connectivity index (χ4n) is 4.38. The number of ether oxygens (including phenoxy) is 1. The number of benzene rings is 1. The van der Waals surface area contributed by atoms with Crippen LogP contribution in [0.2, 0.25) is 0 Å². The molecule has 9 heteroatoms. The zero-order valence-electron chi connectivity index (χ0n) is 25.0. The molecule has 0 radical (unpaired) electrons. The van der Waals surface area contributed by atoms with Crippen LogP contribution < -0.4 is 16.4 Å². The third kappa shape index (κ3) is 13.4. The van der Waals surface area contributed by atoms with Gasteiger partial charge in [-0.1, -0.05) is 103 Å².